The molecular formula is C14H28N2. The van der Waals surface area contributed by atoms with Gasteiger partial charge in [-0.25, -0.2) is 0 Å². The molecule has 0 bridgehead atoms. The standard InChI is InChI=1S/C14H28N2/c1-12-4-8-14(9-5-12)16(2)11-3-10-15-13-6-7-13/h12-15H,3-11H2,1-2H3. The normalized spacial score (nSPS) is 30.9. The largest absolute Gasteiger partial charge is 0.314 e. The molecule has 0 aromatic heterocycles. The van der Waals surface area contributed by atoms with Gasteiger partial charge in [-0.1, -0.05) is 6.92 Å². The summed E-state index contributed by atoms with van der Waals surface area (Å²) in [5, 5.41) is 3.60. The molecule has 0 spiro atoms. The average molecular weight is 224 g/mol. The molecule has 94 valence electrons. The van der Waals surface area contributed by atoms with Gasteiger partial charge in [-0.05, 0) is 71.0 Å². The molecule has 2 aliphatic rings. The van der Waals surface area contributed by atoms with E-state index in [-0.39, 0.29) is 0 Å². The topological polar surface area (TPSA) is 15.3 Å². The molecule has 0 atom stereocenters. The fourth-order valence-electron chi connectivity index (χ4n) is 2.79. The van der Waals surface area contributed by atoms with E-state index in [2.05, 4.69) is 24.2 Å². The van der Waals surface area contributed by atoms with Crippen molar-refractivity contribution in [1.82, 2.24) is 10.2 Å². The van der Waals surface area contributed by atoms with Gasteiger partial charge in [-0.3, -0.25) is 0 Å². The van der Waals surface area contributed by atoms with Gasteiger partial charge in [-0.15, -0.1) is 0 Å². The van der Waals surface area contributed by atoms with Crippen LogP contribution in [0, 0.1) is 5.92 Å². The zero-order valence-electron chi connectivity index (χ0n) is 11.0. The molecule has 2 saturated carbocycles. The first kappa shape index (κ1) is 12.4. The van der Waals surface area contributed by atoms with Gasteiger partial charge in [0.1, 0.15) is 0 Å². The summed E-state index contributed by atoms with van der Waals surface area (Å²) in [6, 6.07) is 1.75. The maximum Gasteiger partial charge on any atom is 0.00924 e. The monoisotopic (exact) mass is 224 g/mol. The van der Waals surface area contributed by atoms with E-state index in [1.54, 1.807) is 0 Å². The zero-order valence-corrected chi connectivity index (χ0v) is 11.0. The lowest BCUT2D eigenvalue weighted by molar-refractivity contribution is 0.168. The van der Waals surface area contributed by atoms with Crippen LogP contribution in [0.2, 0.25) is 0 Å². The van der Waals surface area contributed by atoms with Crippen molar-refractivity contribution >= 4 is 0 Å². The van der Waals surface area contributed by atoms with E-state index in [0.29, 0.717) is 0 Å². The highest BCUT2D eigenvalue weighted by atomic mass is 15.1. The average Bonchev–Trinajstić information content (AvgIpc) is 3.09. The number of rotatable bonds is 6. The van der Waals surface area contributed by atoms with E-state index in [9.17, 15) is 0 Å². The van der Waals surface area contributed by atoms with Gasteiger partial charge >= 0.3 is 0 Å². The van der Waals surface area contributed by atoms with Crippen LogP contribution in [0.25, 0.3) is 0 Å². The minimum absolute atomic E-state index is 0.872. The van der Waals surface area contributed by atoms with Gasteiger partial charge in [0.05, 0.1) is 0 Å². The molecule has 2 rings (SSSR count). The second-order valence-electron chi connectivity index (χ2n) is 5.98. The number of nitrogens with one attached hydrogen (secondary N) is 1. The molecule has 0 amide bonds. The zero-order chi connectivity index (χ0) is 11.4. The minimum Gasteiger partial charge on any atom is -0.314 e. The molecule has 2 heteroatoms. The third-order valence-electron chi connectivity index (χ3n) is 4.31. The van der Waals surface area contributed by atoms with Crippen LogP contribution >= 0.6 is 0 Å². The van der Waals surface area contributed by atoms with Crippen molar-refractivity contribution in [2.45, 2.75) is 64.0 Å². The van der Waals surface area contributed by atoms with Crippen molar-refractivity contribution in [3.63, 3.8) is 0 Å². The van der Waals surface area contributed by atoms with E-state index in [1.165, 1.54) is 58.0 Å². The fourth-order valence-corrected chi connectivity index (χ4v) is 2.79. The maximum atomic E-state index is 3.60. The molecule has 0 aromatic rings. The summed E-state index contributed by atoms with van der Waals surface area (Å²) in [5.41, 5.74) is 0. The molecule has 0 saturated heterocycles. The second-order valence-corrected chi connectivity index (χ2v) is 5.98. The molecule has 16 heavy (non-hydrogen) atoms. The highest BCUT2D eigenvalue weighted by molar-refractivity contribution is 4.81. The summed E-state index contributed by atoms with van der Waals surface area (Å²) in [6.45, 7) is 4.90. The van der Waals surface area contributed by atoms with Gasteiger partial charge < -0.3 is 10.2 Å². The Kier molecular flexibility index (Phi) is 4.66. The number of nitrogens with zero attached hydrogens (tertiary/aromatic N) is 1. The first-order valence-corrected chi connectivity index (χ1v) is 7.19. The molecule has 0 aliphatic heterocycles. The van der Waals surface area contributed by atoms with Crippen LogP contribution < -0.4 is 5.32 Å². The molecule has 2 fully saturated rings. The van der Waals surface area contributed by atoms with Crippen LogP contribution in [0.1, 0.15) is 51.9 Å². The van der Waals surface area contributed by atoms with Crippen molar-refractivity contribution in [3.05, 3.63) is 0 Å². The molecule has 2 nitrogen and oxygen atoms in total. The highest BCUT2D eigenvalue weighted by Gasteiger charge is 2.22. The van der Waals surface area contributed by atoms with Crippen LogP contribution in [-0.2, 0) is 0 Å². The molecule has 0 unspecified atom stereocenters. The van der Waals surface area contributed by atoms with Gasteiger partial charge in [0, 0.05) is 12.1 Å². The quantitative estimate of drug-likeness (QED) is 0.698. The van der Waals surface area contributed by atoms with Crippen molar-refractivity contribution < 1.29 is 0 Å². The van der Waals surface area contributed by atoms with Crippen LogP contribution in [0.5, 0.6) is 0 Å². The molecule has 0 aromatic carbocycles. The van der Waals surface area contributed by atoms with Crippen molar-refractivity contribution in [2.75, 3.05) is 20.1 Å². The van der Waals surface area contributed by atoms with Gasteiger partial charge in [0.25, 0.3) is 0 Å². The molecule has 1 N–H and O–H groups in total. The Morgan fingerprint density at radius 2 is 1.75 bits per heavy atom. The van der Waals surface area contributed by atoms with E-state index in [1.807, 2.05) is 0 Å². The van der Waals surface area contributed by atoms with E-state index in [4.69, 9.17) is 0 Å². The number of hydrogen-bond donors (Lipinski definition) is 1. The predicted octanol–water partition coefficient (Wildman–Crippen LogP) is 2.64. The molecule has 0 radical (unpaired) electrons. The van der Waals surface area contributed by atoms with Crippen LogP contribution in [0.4, 0.5) is 0 Å². The predicted molar refractivity (Wildman–Crippen MR) is 69.7 cm³/mol. The van der Waals surface area contributed by atoms with E-state index >= 15 is 0 Å². The van der Waals surface area contributed by atoms with Crippen LogP contribution in [0.15, 0.2) is 0 Å². The minimum atomic E-state index is 0.872. The molecular weight excluding hydrogens is 196 g/mol. The Hall–Kier alpha value is -0.0800. The Labute approximate surface area is 101 Å². The maximum absolute atomic E-state index is 3.60. The fraction of sp³-hybridized carbons (Fsp3) is 1.00. The third-order valence-corrected chi connectivity index (χ3v) is 4.31. The van der Waals surface area contributed by atoms with Gasteiger partial charge in [0.2, 0.25) is 0 Å². The second kappa shape index (κ2) is 6.02. The third kappa shape index (κ3) is 4.06. The molecule has 2 aliphatic carbocycles. The van der Waals surface area contributed by atoms with Gasteiger partial charge in [-0.2, -0.15) is 0 Å². The van der Waals surface area contributed by atoms with Crippen molar-refractivity contribution in [3.8, 4) is 0 Å². The first-order valence-electron chi connectivity index (χ1n) is 7.19. The highest BCUT2D eigenvalue weighted by Crippen LogP contribution is 2.26. The van der Waals surface area contributed by atoms with E-state index < -0.39 is 0 Å². The Bertz CT molecular complexity index is 193. The SMILES string of the molecule is CC1CCC(N(C)CCCNC2CC2)CC1. The van der Waals surface area contributed by atoms with Crippen LogP contribution in [0.3, 0.4) is 0 Å². The lowest BCUT2D eigenvalue weighted by Crippen LogP contribution is -2.36. The Morgan fingerprint density at radius 3 is 2.38 bits per heavy atom. The molecule has 0 heterocycles. The Balaban J connectivity index is 1.53. The first-order chi connectivity index (χ1) is 7.75. The summed E-state index contributed by atoms with van der Waals surface area (Å²) < 4.78 is 0. The van der Waals surface area contributed by atoms with Gasteiger partial charge in [0.15, 0.2) is 0 Å². The summed E-state index contributed by atoms with van der Waals surface area (Å²) >= 11 is 0. The van der Waals surface area contributed by atoms with Crippen LogP contribution in [-0.4, -0.2) is 37.1 Å². The smallest absolute Gasteiger partial charge is 0.00924 e. The lowest BCUT2D eigenvalue weighted by atomic mass is 9.87. The van der Waals surface area contributed by atoms with Crippen molar-refractivity contribution in [1.29, 1.82) is 0 Å². The van der Waals surface area contributed by atoms with Crippen molar-refractivity contribution in [2.24, 2.45) is 5.92 Å². The summed E-state index contributed by atoms with van der Waals surface area (Å²) in [4.78, 5) is 2.60. The lowest BCUT2D eigenvalue weighted by Gasteiger charge is -2.33. The Morgan fingerprint density at radius 1 is 1.06 bits per heavy atom. The van der Waals surface area contributed by atoms with E-state index in [0.717, 1.165) is 18.0 Å². The summed E-state index contributed by atoms with van der Waals surface area (Å²) in [5.74, 6) is 0.973. The summed E-state index contributed by atoms with van der Waals surface area (Å²) in [7, 11) is 2.32. The summed E-state index contributed by atoms with van der Waals surface area (Å²) in [6.07, 6.45) is 9.87. The number of hydrogen-bond acceptors (Lipinski definition) is 2.